The zero-order valence-electron chi connectivity index (χ0n) is 17.6. The van der Waals surface area contributed by atoms with E-state index >= 15 is 0 Å². The van der Waals surface area contributed by atoms with Gasteiger partial charge in [0.15, 0.2) is 0 Å². The van der Waals surface area contributed by atoms with Gasteiger partial charge in [-0.2, -0.15) is 0 Å². The summed E-state index contributed by atoms with van der Waals surface area (Å²) in [6, 6.07) is 0. The molecule has 0 spiro atoms. The molecule has 28 heavy (non-hydrogen) atoms. The lowest BCUT2D eigenvalue weighted by molar-refractivity contribution is -0.157. The van der Waals surface area contributed by atoms with Gasteiger partial charge in [-0.15, -0.1) is 12.4 Å². The van der Waals surface area contributed by atoms with Gasteiger partial charge in [0.05, 0.1) is 0 Å². The lowest BCUT2D eigenvalue weighted by Crippen LogP contribution is -2.56. The number of unbranched alkanes of at least 4 members (excludes halogenated alkanes) is 1. The molecule has 4 fully saturated rings. The average Bonchev–Trinajstić information content (AvgIpc) is 2.95. The number of halogens is 1. The molecule has 0 aromatic carbocycles. The van der Waals surface area contributed by atoms with Crippen LogP contribution in [0.2, 0.25) is 0 Å². The molecule has 4 aliphatic carbocycles. The van der Waals surface area contributed by atoms with Crippen molar-refractivity contribution in [2.24, 2.45) is 46.2 Å². The highest BCUT2D eigenvalue weighted by molar-refractivity contribution is 5.88. The van der Waals surface area contributed by atoms with E-state index in [9.17, 15) is 9.59 Å². The monoisotopic (exact) mass is 407 g/mol. The van der Waals surface area contributed by atoms with Gasteiger partial charge < -0.3 is 5.73 Å². The van der Waals surface area contributed by atoms with Crippen molar-refractivity contribution in [3.8, 4) is 0 Å². The highest BCUT2D eigenvalue weighted by Gasteiger charge is 2.62. The van der Waals surface area contributed by atoms with E-state index in [2.05, 4.69) is 26.0 Å². The molecule has 4 rings (SSSR count). The van der Waals surface area contributed by atoms with Crippen LogP contribution in [0.1, 0.15) is 78.1 Å². The van der Waals surface area contributed by atoms with Gasteiger partial charge in [0.2, 0.25) is 0 Å². The Bertz CT molecular complexity index is 647. The van der Waals surface area contributed by atoms with Crippen LogP contribution in [0.5, 0.6) is 0 Å². The van der Waals surface area contributed by atoms with E-state index in [4.69, 9.17) is 5.73 Å². The van der Waals surface area contributed by atoms with E-state index in [0.29, 0.717) is 35.2 Å². The molecule has 0 aromatic rings. The number of carbonyl (C=O) groups is 2. The molecule has 3 nitrogen and oxygen atoms in total. The number of allylic oxidation sites excluding steroid dienone is 2. The molecule has 4 aliphatic rings. The first kappa shape index (κ1) is 22.0. The molecule has 4 saturated carbocycles. The lowest BCUT2D eigenvalue weighted by atomic mass is 9.44. The molecule has 2 N–H and O–H groups in total. The summed E-state index contributed by atoms with van der Waals surface area (Å²) in [5.74, 6) is 3.33. The maximum absolute atomic E-state index is 13.3. The van der Waals surface area contributed by atoms with Gasteiger partial charge in [0.25, 0.3) is 0 Å². The Morgan fingerprint density at radius 2 is 1.89 bits per heavy atom. The van der Waals surface area contributed by atoms with Gasteiger partial charge in [-0.25, -0.2) is 0 Å². The van der Waals surface area contributed by atoms with Crippen molar-refractivity contribution in [2.75, 3.05) is 6.54 Å². The Labute approximate surface area is 176 Å². The highest BCUT2D eigenvalue weighted by Crippen LogP contribution is 2.65. The number of carbonyl (C=O) groups excluding carboxylic acids is 2. The summed E-state index contributed by atoms with van der Waals surface area (Å²) in [5, 5.41) is 0. The Morgan fingerprint density at radius 3 is 2.64 bits per heavy atom. The Kier molecular flexibility index (Phi) is 6.47. The largest absolute Gasteiger partial charge is 0.330 e. The predicted octanol–water partition coefficient (Wildman–Crippen LogP) is 5.11. The van der Waals surface area contributed by atoms with Gasteiger partial charge in [0, 0.05) is 24.2 Å². The van der Waals surface area contributed by atoms with Crippen molar-refractivity contribution in [1.82, 2.24) is 0 Å². The maximum Gasteiger partial charge on any atom is 0.139 e. The molecule has 4 heteroatoms. The number of ketones is 2. The van der Waals surface area contributed by atoms with Crippen molar-refractivity contribution >= 4 is 24.0 Å². The molecule has 0 heterocycles. The zero-order valence-corrected chi connectivity index (χ0v) is 18.4. The standard InChI is InChI=1S/C24H37NO2.ClH/c1-23-11-9-16(6-4-3-5-13-25)14-20(23)21(26)15-17-18-7-8-22(27)24(18,2)12-10-19(17)23;/h4,6,16-20H,3,5,7-15,25H2,1-2H3;1H/t16?,17-,18-,19+,20?,23+,24-;/m0./s1. The Morgan fingerprint density at radius 1 is 1.11 bits per heavy atom. The minimum atomic E-state index is -0.131. The van der Waals surface area contributed by atoms with Crippen LogP contribution in [0.25, 0.3) is 0 Å². The van der Waals surface area contributed by atoms with Crippen LogP contribution in [0.4, 0.5) is 0 Å². The molecule has 0 aliphatic heterocycles. The quantitative estimate of drug-likeness (QED) is 0.520. The normalized spacial score (nSPS) is 45.3. The van der Waals surface area contributed by atoms with Crippen molar-refractivity contribution in [2.45, 2.75) is 78.1 Å². The van der Waals surface area contributed by atoms with Gasteiger partial charge in [-0.05, 0) is 87.0 Å². The van der Waals surface area contributed by atoms with Gasteiger partial charge >= 0.3 is 0 Å². The van der Waals surface area contributed by atoms with E-state index < -0.39 is 0 Å². The molecular formula is C24H38ClNO2. The van der Waals surface area contributed by atoms with E-state index in [-0.39, 0.29) is 29.2 Å². The molecule has 0 radical (unpaired) electrons. The molecule has 2 unspecified atom stereocenters. The topological polar surface area (TPSA) is 60.2 Å². The first-order chi connectivity index (χ1) is 12.9. The highest BCUT2D eigenvalue weighted by atomic mass is 35.5. The van der Waals surface area contributed by atoms with E-state index in [1.54, 1.807) is 0 Å². The summed E-state index contributed by atoms with van der Waals surface area (Å²) in [6.07, 6.45) is 14.9. The number of hydrogen-bond acceptors (Lipinski definition) is 3. The van der Waals surface area contributed by atoms with E-state index in [1.807, 2.05) is 0 Å². The van der Waals surface area contributed by atoms with Crippen LogP contribution in [0.3, 0.4) is 0 Å². The molecule has 158 valence electrons. The summed E-state index contributed by atoms with van der Waals surface area (Å²) >= 11 is 0. The van der Waals surface area contributed by atoms with E-state index in [1.165, 1.54) is 12.8 Å². The summed E-state index contributed by atoms with van der Waals surface area (Å²) in [4.78, 5) is 25.8. The fourth-order valence-electron chi connectivity index (χ4n) is 7.54. The molecule has 0 saturated heterocycles. The van der Waals surface area contributed by atoms with Crippen LogP contribution < -0.4 is 5.73 Å². The molecule has 0 amide bonds. The van der Waals surface area contributed by atoms with Gasteiger partial charge in [-0.1, -0.05) is 26.0 Å². The van der Waals surface area contributed by atoms with Crippen LogP contribution in [0, 0.1) is 40.4 Å². The fraction of sp³-hybridized carbons (Fsp3) is 0.833. The SMILES string of the molecule is C[C@]12CCC(C=CCCCN)CC1C(=O)C[C@@H]1[C@H]2CC[C@]2(C)C(=O)CC[C@@H]12.Cl. The fourth-order valence-corrected chi connectivity index (χ4v) is 7.54. The first-order valence-corrected chi connectivity index (χ1v) is 11.3. The van der Waals surface area contributed by atoms with Gasteiger partial charge in [0.1, 0.15) is 11.6 Å². The van der Waals surface area contributed by atoms with Crippen molar-refractivity contribution in [1.29, 1.82) is 0 Å². The number of hydrogen-bond donors (Lipinski definition) is 1. The van der Waals surface area contributed by atoms with Crippen molar-refractivity contribution < 1.29 is 9.59 Å². The molecular weight excluding hydrogens is 370 g/mol. The lowest BCUT2D eigenvalue weighted by Gasteiger charge is -2.59. The smallest absolute Gasteiger partial charge is 0.139 e. The summed E-state index contributed by atoms with van der Waals surface area (Å²) in [6.45, 7) is 5.37. The maximum atomic E-state index is 13.3. The van der Waals surface area contributed by atoms with Crippen molar-refractivity contribution in [3.63, 3.8) is 0 Å². The zero-order chi connectivity index (χ0) is 19.2. The average molecular weight is 408 g/mol. The third-order valence-corrected chi connectivity index (χ3v) is 9.19. The second-order valence-corrected chi connectivity index (χ2v) is 10.4. The number of rotatable bonds is 4. The predicted molar refractivity (Wildman–Crippen MR) is 115 cm³/mol. The van der Waals surface area contributed by atoms with Gasteiger partial charge in [-0.3, -0.25) is 9.59 Å². The summed E-state index contributed by atoms with van der Waals surface area (Å²) in [5.41, 5.74) is 5.62. The second-order valence-electron chi connectivity index (χ2n) is 10.4. The number of nitrogens with two attached hydrogens (primary N) is 1. The molecule has 0 aromatic heterocycles. The van der Waals surface area contributed by atoms with E-state index in [0.717, 1.165) is 57.9 Å². The minimum Gasteiger partial charge on any atom is -0.330 e. The van der Waals surface area contributed by atoms with Crippen molar-refractivity contribution in [3.05, 3.63) is 12.2 Å². The second kappa shape index (κ2) is 8.22. The minimum absolute atomic E-state index is 0. The Balaban J connectivity index is 0.00000225. The Hall–Kier alpha value is -0.670. The number of Topliss-reactive ketones (excluding diaryl/α,β-unsaturated/α-hetero) is 2. The van der Waals surface area contributed by atoms with Crippen LogP contribution in [0.15, 0.2) is 12.2 Å². The third-order valence-electron chi connectivity index (χ3n) is 9.19. The third kappa shape index (κ3) is 3.41. The van der Waals surface area contributed by atoms with Crippen LogP contribution >= 0.6 is 12.4 Å². The molecule has 7 atom stereocenters. The van der Waals surface area contributed by atoms with Crippen LogP contribution in [-0.4, -0.2) is 18.1 Å². The first-order valence-electron chi connectivity index (χ1n) is 11.3. The summed E-state index contributed by atoms with van der Waals surface area (Å²) in [7, 11) is 0. The molecule has 0 bridgehead atoms. The van der Waals surface area contributed by atoms with Crippen LogP contribution in [-0.2, 0) is 9.59 Å². The summed E-state index contributed by atoms with van der Waals surface area (Å²) < 4.78 is 0. The number of fused-ring (bicyclic) bond motifs is 5.